The third-order valence-electron chi connectivity index (χ3n) is 1.69. The minimum atomic E-state index is -0.587. The van der Waals surface area contributed by atoms with Gasteiger partial charge in [-0.25, -0.2) is 0 Å². The molecule has 0 fully saturated rings. The van der Waals surface area contributed by atoms with Crippen molar-refractivity contribution in [1.29, 1.82) is 0 Å². The van der Waals surface area contributed by atoms with Crippen molar-refractivity contribution in [2.45, 2.75) is 50.0 Å². The van der Waals surface area contributed by atoms with Crippen molar-refractivity contribution in [2.75, 3.05) is 0 Å². The number of rotatable bonds is 5. The predicted octanol–water partition coefficient (Wildman–Crippen LogP) is 3.12. The highest BCUT2D eigenvalue weighted by molar-refractivity contribution is 6.44. The van der Waals surface area contributed by atoms with Gasteiger partial charge in [-0.05, 0) is 26.2 Å². The van der Waals surface area contributed by atoms with Crippen LogP contribution in [0.4, 0.5) is 0 Å². The van der Waals surface area contributed by atoms with Gasteiger partial charge in [0.25, 0.3) is 0 Å². The predicted molar refractivity (Wildman–Crippen MR) is 50.3 cm³/mol. The summed E-state index contributed by atoms with van der Waals surface area (Å²) in [5, 5.41) is 9.65. The van der Waals surface area contributed by atoms with E-state index in [4.69, 9.17) is 23.2 Å². The summed E-state index contributed by atoms with van der Waals surface area (Å²) in [5.41, 5.74) is -0.587. The molecule has 11 heavy (non-hydrogen) atoms. The van der Waals surface area contributed by atoms with E-state index in [2.05, 4.69) is 0 Å². The summed E-state index contributed by atoms with van der Waals surface area (Å²) in [6, 6.07) is 0. The summed E-state index contributed by atoms with van der Waals surface area (Å²) in [7, 11) is 0. The number of hydrogen-bond acceptors (Lipinski definition) is 1. The SMILES string of the molecule is CCCC(C)(O)CCC(Cl)Cl. The molecule has 1 nitrogen and oxygen atoms in total. The van der Waals surface area contributed by atoms with E-state index in [-0.39, 0.29) is 4.84 Å². The largest absolute Gasteiger partial charge is 0.390 e. The topological polar surface area (TPSA) is 20.2 Å². The molecule has 0 spiro atoms. The lowest BCUT2D eigenvalue weighted by Gasteiger charge is -2.22. The molecule has 0 aromatic heterocycles. The van der Waals surface area contributed by atoms with Crippen molar-refractivity contribution in [2.24, 2.45) is 0 Å². The molecule has 1 atom stereocenters. The summed E-state index contributed by atoms with van der Waals surface area (Å²) in [6.07, 6.45) is 3.14. The van der Waals surface area contributed by atoms with Crippen molar-refractivity contribution in [3.8, 4) is 0 Å². The summed E-state index contributed by atoms with van der Waals surface area (Å²) in [6.45, 7) is 3.88. The Morgan fingerprint density at radius 2 is 1.91 bits per heavy atom. The van der Waals surface area contributed by atoms with Gasteiger partial charge in [-0.15, -0.1) is 23.2 Å². The van der Waals surface area contributed by atoms with Crippen LogP contribution in [0.1, 0.15) is 39.5 Å². The molecule has 0 bridgehead atoms. The zero-order valence-electron chi connectivity index (χ0n) is 7.11. The quantitative estimate of drug-likeness (QED) is 0.674. The molecular weight excluding hydrogens is 183 g/mol. The van der Waals surface area contributed by atoms with Crippen LogP contribution in [0.5, 0.6) is 0 Å². The molecule has 0 aromatic rings. The maximum absolute atomic E-state index is 9.65. The van der Waals surface area contributed by atoms with Crippen molar-refractivity contribution in [3.05, 3.63) is 0 Å². The second-order valence-corrected chi connectivity index (χ2v) is 4.45. The molecule has 0 aliphatic rings. The van der Waals surface area contributed by atoms with Gasteiger partial charge < -0.3 is 5.11 Å². The Labute approximate surface area is 78.7 Å². The molecule has 0 aromatic carbocycles. The number of alkyl halides is 2. The van der Waals surface area contributed by atoms with Crippen molar-refractivity contribution >= 4 is 23.2 Å². The lowest BCUT2D eigenvalue weighted by molar-refractivity contribution is 0.0402. The van der Waals surface area contributed by atoms with Gasteiger partial charge in [0.05, 0.1) is 5.60 Å². The van der Waals surface area contributed by atoms with E-state index < -0.39 is 5.60 Å². The summed E-state index contributed by atoms with van der Waals surface area (Å²) < 4.78 is 0. The van der Waals surface area contributed by atoms with E-state index in [0.29, 0.717) is 12.8 Å². The van der Waals surface area contributed by atoms with Gasteiger partial charge in [-0.2, -0.15) is 0 Å². The fourth-order valence-corrected chi connectivity index (χ4v) is 1.30. The Balaban J connectivity index is 3.54. The van der Waals surface area contributed by atoms with Crippen molar-refractivity contribution < 1.29 is 5.11 Å². The molecule has 0 aliphatic heterocycles. The monoisotopic (exact) mass is 198 g/mol. The number of hydrogen-bond donors (Lipinski definition) is 1. The Morgan fingerprint density at radius 1 is 1.36 bits per heavy atom. The Morgan fingerprint density at radius 3 is 2.27 bits per heavy atom. The molecule has 3 heteroatoms. The third-order valence-corrected chi connectivity index (χ3v) is 2.13. The minimum absolute atomic E-state index is 0.349. The maximum atomic E-state index is 9.65. The first-order valence-corrected chi connectivity index (χ1v) is 4.86. The fourth-order valence-electron chi connectivity index (χ4n) is 1.08. The average Bonchev–Trinajstić information content (AvgIpc) is 1.84. The second-order valence-electron chi connectivity index (χ2n) is 3.18. The first kappa shape index (κ1) is 11.5. The fraction of sp³-hybridized carbons (Fsp3) is 1.00. The van der Waals surface area contributed by atoms with Crippen LogP contribution in [-0.4, -0.2) is 15.5 Å². The van der Waals surface area contributed by atoms with E-state index in [1.54, 1.807) is 0 Å². The van der Waals surface area contributed by atoms with Gasteiger partial charge in [0, 0.05) is 0 Å². The lowest BCUT2D eigenvalue weighted by Crippen LogP contribution is -2.24. The van der Waals surface area contributed by atoms with E-state index in [9.17, 15) is 5.11 Å². The molecule has 1 unspecified atom stereocenters. The van der Waals surface area contributed by atoms with Gasteiger partial charge in [0.2, 0.25) is 0 Å². The van der Waals surface area contributed by atoms with Crippen LogP contribution in [0.3, 0.4) is 0 Å². The van der Waals surface area contributed by atoms with Crippen molar-refractivity contribution in [3.63, 3.8) is 0 Å². The lowest BCUT2D eigenvalue weighted by atomic mass is 9.95. The molecule has 0 aliphatic carbocycles. The Bertz CT molecular complexity index is 102. The number of halogens is 2. The zero-order valence-corrected chi connectivity index (χ0v) is 8.62. The van der Waals surface area contributed by atoms with Crippen LogP contribution in [-0.2, 0) is 0 Å². The summed E-state index contributed by atoms with van der Waals surface area (Å²) in [5.74, 6) is 0. The molecule has 0 rings (SSSR count). The first-order valence-electron chi connectivity index (χ1n) is 3.98. The highest BCUT2D eigenvalue weighted by Gasteiger charge is 2.19. The molecule has 0 radical (unpaired) electrons. The van der Waals surface area contributed by atoms with E-state index in [1.807, 2.05) is 13.8 Å². The highest BCUT2D eigenvalue weighted by Crippen LogP contribution is 2.22. The normalized spacial score (nSPS) is 16.9. The van der Waals surface area contributed by atoms with Crippen LogP contribution >= 0.6 is 23.2 Å². The van der Waals surface area contributed by atoms with Gasteiger partial charge in [-0.3, -0.25) is 0 Å². The molecule has 0 saturated carbocycles. The molecule has 0 saturated heterocycles. The van der Waals surface area contributed by atoms with Gasteiger partial charge in [-0.1, -0.05) is 13.3 Å². The van der Waals surface area contributed by atoms with E-state index in [1.165, 1.54) is 0 Å². The highest BCUT2D eigenvalue weighted by atomic mass is 35.5. The first-order chi connectivity index (χ1) is 4.98. The van der Waals surface area contributed by atoms with Gasteiger partial charge in [0.15, 0.2) is 0 Å². The summed E-state index contributed by atoms with van der Waals surface area (Å²) >= 11 is 11.1. The van der Waals surface area contributed by atoms with Crippen LogP contribution in [0.15, 0.2) is 0 Å². The van der Waals surface area contributed by atoms with E-state index >= 15 is 0 Å². The van der Waals surface area contributed by atoms with Crippen LogP contribution in [0, 0.1) is 0 Å². The second kappa shape index (κ2) is 5.23. The average molecular weight is 199 g/mol. The van der Waals surface area contributed by atoms with Crippen LogP contribution in [0.2, 0.25) is 0 Å². The molecule has 1 N–H and O–H groups in total. The van der Waals surface area contributed by atoms with E-state index in [0.717, 1.165) is 12.8 Å². The molecule has 0 heterocycles. The van der Waals surface area contributed by atoms with Gasteiger partial charge in [0.1, 0.15) is 4.84 Å². The van der Waals surface area contributed by atoms with Crippen LogP contribution in [0.25, 0.3) is 0 Å². The number of aliphatic hydroxyl groups is 1. The maximum Gasteiger partial charge on any atom is 0.107 e. The Kier molecular flexibility index (Phi) is 5.49. The van der Waals surface area contributed by atoms with Crippen LogP contribution < -0.4 is 0 Å². The van der Waals surface area contributed by atoms with Crippen molar-refractivity contribution in [1.82, 2.24) is 0 Å². The molecule has 68 valence electrons. The molecular formula is C8H16Cl2O. The zero-order chi connectivity index (χ0) is 8.91. The standard InChI is InChI=1S/C8H16Cl2O/c1-3-5-8(2,11)6-4-7(9)10/h7,11H,3-6H2,1-2H3. The summed E-state index contributed by atoms with van der Waals surface area (Å²) in [4.78, 5) is -0.349. The third kappa shape index (κ3) is 6.92. The Hall–Kier alpha value is 0.540. The minimum Gasteiger partial charge on any atom is -0.390 e. The smallest absolute Gasteiger partial charge is 0.107 e. The molecule has 0 amide bonds. The van der Waals surface area contributed by atoms with Gasteiger partial charge >= 0.3 is 0 Å².